The molecule has 1 unspecified atom stereocenters. The first-order valence-electron chi connectivity index (χ1n) is 8.09. The van der Waals surface area contributed by atoms with Gasteiger partial charge in [0, 0.05) is 12.6 Å². The molecule has 1 aliphatic heterocycles. The van der Waals surface area contributed by atoms with Crippen LogP contribution in [0.3, 0.4) is 0 Å². The number of ether oxygens (including phenoxy) is 2. The standard InChI is InChI=1S/C14H25N5O6/c1-4-15-12-17-13(16-6(2)3)19-14(18-12)25-11-10(23)9(22)8(21)7(5-20)24-11/h6-11,20-23H,4-5H2,1-3H3,(H2,15,16,17,18,19)/t7-,8-,9-,10-,11?/m0/s1. The predicted molar refractivity (Wildman–Crippen MR) is 87.1 cm³/mol. The molecule has 11 nitrogen and oxygen atoms in total. The van der Waals surface area contributed by atoms with Gasteiger partial charge < -0.3 is 40.5 Å². The van der Waals surface area contributed by atoms with Crippen LogP contribution in [-0.2, 0) is 4.74 Å². The molecule has 0 amide bonds. The van der Waals surface area contributed by atoms with Crippen LogP contribution in [0.15, 0.2) is 0 Å². The van der Waals surface area contributed by atoms with Gasteiger partial charge in [-0.1, -0.05) is 0 Å². The summed E-state index contributed by atoms with van der Waals surface area (Å²) in [6.45, 7) is 5.72. The highest BCUT2D eigenvalue weighted by Gasteiger charge is 2.45. The molecule has 142 valence electrons. The van der Waals surface area contributed by atoms with Crippen LogP contribution in [0, 0.1) is 0 Å². The fourth-order valence-corrected chi connectivity index (χ4v) is 2.24. The zero-order valence-electron chi connectivity index (χ0n) is 14.3. The molecular weight excluding hydrogens is 334 g/mol. The molecule has 1 aliphatic rings. The van der Waals surface area contributed by atoms with Crippen LogP contribution in [0.1, 0.15) is 20.8 Å². The lowest BCUT2D eigenvalue weighted by Gasteiger charge is -2.39. The van der Waals surface area contributed by atoms with Gasteiger partial charge in [0.15, 0.2) is 0 Å². The van der Waals surface area contributed by atoms with Gasteiger partial charge in [0.2, 0.25) is 18.2 Å². The third kappa shape index (κ3) is 4.86. The highest BCUT2D eigenvalue weighted by Crippen LogP contribution is 2.23. The highest BCUT2D eigenvalue weighted by atomic mass is 16.7. The number of aliphatic hydroxyl groups excluding tert-OH is 4. The molecule has 2 heterocycles. The van der Waals surface area contributed by atoms with Crippen molar-refractivity contribution in [2.75, 3.05) is 23.8 Å². The largest absolute Gasteiger partial charge is 0.430 e. The van der Waals surface area contributed by atoms with Gasteiger partial charge >= 0.3 is 6.01 Å². The first-order chi connectivity index (χ1) is 11.8. The summed E-state index contributed by atoms with van der Waals surface area (Å²) in [5, 5.41) is 44.8. The number of nitrogens with zero attached hydrogens (tertiary/aromatic N) is 3. The van der Waals surface area contributed by atoms with Crippen LogP contribution in [0.2, 0.25) is 0 Å². The van der Waals surface area contributed by atoms with Crippen molar-refractivity contribution in [1.82, 2.24) is 15.0 Å². The number of nitrogens with one attached hydrogen (secondary N) is 2. The molecule has 0 aliphatic carbocycles. The maximum absolute atomic E-state index is 10.0. The minimum absolute atomic E-state index is 0.0667. The first-order valence-corrected chi connectivity index (χ1v) is 8.09. The van der Waals surface area contributed by atoms with E-state index in [1.807, 2.05) is 20.8 Å². The number of anilines is 2. The van der Waals surface area contributed by atoms with E-state index in [1.54, 1.807) is 0 Å². The monoisotopic (exact) mass is 359 g/mol. The average molecular weight is 359 g/mol. The minimum atomic E-state index is -1.54. The van der Waals surface area contributed by atoms with Gasteiger partial charge in [-0.3, -0.25) is 0 Å². The van der Waals surface area contributed by atoms with Crippen LogP contribution < -0.4 is 15.4 Å². The molecule has 1 fully saturated rings. The molecule has 5 atom stereocenters. The second-order valence-electron chi connectivity index (χ2n) is 5.91. The fourth-order valence-electron chi connectivity index (χ4n) is 2.24. The molecule has 0 bridgehead atoms. The normalized spacial score (nSPS) is 29.5. The minimum Gasteiger partial charge on any atom is -0.430 e. The van der Waals surface area contributed by atoms with Crippen molar-refractivity contribution in [2.45, 2.75) is 57.5 Å². The summed E-state index contributed by atoms with van der Waals surface area (Å²) in [6.07, 6.45) is -6.99. The summed E-state index contributed by atoms with van der Waals surface area (Å²) in [6, 6.07) is -0.0737. The molecule has 11 heteroatoms. The Morgan fingerprint density at radius 3 is 2.36 bits per heavy atom. The van der Waals surface area contributed by atoms with E-state index in [4.69, 9.17) is 9.47 Å². The summed E-state index contributed by atoms with van der Waals surface area (Å²) in [5.74, 6) is 0.529. The molecule has 1 aromatic heterocycles. The van der Waals surface area contributed by atoms with Crippen molar-refractivity contribution in [3.8, 4) is 6.01 Å². The second kappa shape index (κ2) is 8.54. The SMILES string of the molecule is CCNc1nc(NC(C)C)nc(OC2O[C@@H](CO)[C@H](O)[C@H](O)[C@@H]2O)n1. The first kappa shape index (κ1) is 19.5. The Morgan fingerprint density at radius 1 is 1.08 bits per heavy atom. The Kier molecular flexibility index (Phi) is 6.67. The van der Waals surface area contributed by atoms with Crippen LogP contribution >= 0.6 is 0 Å². The van der Waals surface area contributed by atoms with Gasteiger partial charge in [-0.25, -0.2) is 0 Å². The second-order valence-corrected chi connectivity index (χ2v) is 5.91. The Hall–Kier alpha value is -1.79. The molecule has 1 saturated heterocycles. The van der Waals surface area contributed by atoms with Gasteiger partial charge in [-0.2, -0.15) is 15.0 Å². The van der Waals surface area contributed by atoms with Gasteiger partial charge in [-0.05, 0) is 20.8 Å². The smallest absolute Gasteiger partial charge is 0.325 e. The Bertz CT molecular complexity index is 561. The van der Waals surface area contributed by atoms with Crippen molar-refractivity contribution in [2.24, 2.45) is 0 Å². The van der Waals surface area contributed by atoms with Crippen LogP contribution in [0.25, 0.3) is 0 Å². The van der Waals surface area contributed by atoms with Crippen molar-refractivity contribution >= 4 is 11.9 Å². The fraction of sp³-hybridized carbons (Fsp3) is 0.786. The van der Waals surface area contributed by atoms with Gasteiger partial charge in [-0.15, -0.1) is 0 Å². The maximum Gasteiger partial charge on any atom is 0.325 e. The maximum atomic E-state index is 10.0. The zero-order chi connectivity index (χ0) is 18.6. The summed E-state index contributed by atoms with van der Waals surface area (Å²) in [7, 11) is 0. The molecule has 2 rings (SSSR count). The molecule has 0 saturated carbocycles. The number of aliphatic hydroxyl groups is 4. The topological polar surface area (TPSA) is 162 Å². The molecular formula is C14H25N5O6. The van der Waals surface area contributed by atoms with Gasteiger partial charge in [0.1, 0.15) is 24.4 Å². The van der Waals surface area contributed by atoms with Crippen LogP contribution in [-0.4, -0.2) is 85.3 Å². The van der Waals surface area contributed by atoms with E-state index in [-0.39, 0.29) is 23.9 Å². The van der Waals surface area contributed by atoms with Gasteiger partial charge in [0.05, 0.1) is 6.61 Å². The van der Waals surface area contributed by atoms with Crippen molar-refractivity contribution < 1.29 is 29.9 Å². The Labute approximate surface area is 145 Å². The summed E-state index contributed by atoms with van der Waals surface area (Å²) in [5.41, 5.74) is 0. The molecule has 0 radical (unpaired) electrons. The average Bonchev–Trinajstić information content (AvgIpc) is 2.55. The number of hydrogen-bond donors (Lipinski definition) is 6. The van der Waals surface area contributed by atoms with Crippen LogP contribution in [0.5, 0.6) is 6.01 Å². The lowest BCUT2D eigenvalue weighted by Crippen LogP contribution is -2.60. The number of hydrogen-bond acceptors (Lipinski definition) is 11. The van der Waals surface area contributed by atoms with Crippen molar-refractivity contribution in [3.63, 3.8) is 0 Å². The molecule has 0 spiro atoms. The number of aromatic nitrogens is 3. The summed E-state index contributed by atoms with van der Waals surface area (Å²) < 4.78 is 10.7. The molecule has 1 aromatic rings. The Morgan fingerprint density at radius 2 is 1.76 bits per heavy atom. The van der Waals surface area contributed by atoms with Gasteiger partial charge in [0.25, 0.3) is 0 Å². The van der Waals surface area contributed by atoms with E-state index in [1.165, 1.54) is 0 Å². The van der Waals surface area contributed by atoms with E-state index < -0.39 is 37.3 Å². The lowest BCUT2D eigenvalue weighted by molar-refractivity contribution is -0.278. The van der Waals surface area contributed by atoms with E-state index >= 15 is 0 Å². The van der Waals surface area contributed by atoms with E-state index in [0.29, 0.717) is 6.54 Å². The molecule has 25 heavy (non-hydrogen) atoms. The predicted octanol–water partition coefficient (Wildman–Crippen LogP) is -1.70. The quantitative estimate of drug-likeness (QED) is 0.329. The summed E-state index contributed by atoms with van der Waals surface area (Å²) >= 11 is 0. The third-order valence-electron chi connectivity index (χ3n) is 3.44. The van der Waals surface area contributed by atoms with E-state index in [9.17, 15) is 20.4 Å². The zero-order valence-corrected chi connectivity index (χ0v) is 14.3. The number of rotatable bonds is 7. The Balaban J connectivity index is 2.20. The molecule has 6 N–H and O–H groups in total. The van der Waals surface area contributed by atoms with E-state index in [2.05, 4.69) is 25.6 Å². The lowest BCUT2D eigenvalue weighted by atomic mass is 9.99. The van der Waals surface area contributed by atoms with Crippen molar-refractivity contribution in [3.05, 3.63) is 0 Å². The third-order valence-corrected chi connectivity index (χ3v) is 3.44. The summed E-state index contributed by atoms with van der Waals surface area (Å²) in [4.78, 5) is 12.3. The van der Waals surface area contributed by atoms with Crippen LogP contribution in [0.4, 0.5) is 11.9 Å². The molecule has 0 aromatic carbocycles. The van der Waals surface area contributed by atoms with E-state index in [0.717, 1.165) is 0 Å². The van der Waals surface area contributed by atoms with Crippen molar-refractivity contribution in [1.29, 1.82) is 0 Å². The highest BCUT2D eigenvalue weighted by molar-refractivity contribution is 5.36.